The second kappa shape index (κ2) is 4.72. The van der Waals surface area contributed by atoms with Crippen LogP contribution in [0.15, 0.2) is 60.7 Å². The Labute approximate surface area is 129 Å². The predicted octanol–water partition coefficient (Wildman–Crippen LogP) is 4.14. The predicted molar refractivity (Wildman–Crippen MR) is 84.8 cm³/mol. The van der Waals surface area contributed by atoms with E-state index < -0.39 is 0 Å². The summed E-state index contributed by atoms with van der Waals surface area (Å²) in [5.41, 5.74) is 5.41. The minimum Gasteiger partial charge on any atom is -0.192 e. The van der Waals surface area contributed by atoms with Gasteiger partial charge in [-0.1, -0.05) is 48.6 Å². The smallest absolute Gasteiger partial charge is 0.0998 e. The summed E-state index contributed by atoms with van der Waals surface area (Å²) >= 11 is 0. The molecule has 2 aromatic rings. The lowest BCUT2D eigenvalue weighted by Crippen LogP contribution is -2.22. The quantitative estimate of drug-likeness (QED) is 0.737. The summed E-state index contributed by atoms with van der Waals surface area (Å²) in [6, 6.07) is 18.2. The molecule has 0 spiro atoms. The van der Waals surface area contributed by atoms with Gasteiger partial charge in [-0.3, -0.25) is 0 Å². The van der Waals surface area contributed by atoms with Crippen molar-refractivity contribution in [2.24, 2.45) is 5.92 Å². The average Bonchev–Trinajstić information content (AvgIpc) is 2.55. The van der Waals surface area contributed by atoms with Crippen LogP contribution >= 0.6 is 0 Å². The molecule has 2 nitrogen and oxygen atoms in total. The van der Waals surface area contributed by atoms with Crippen LogP contribution in [0.3, 0.4) is 0 Å². The second-order valence-electron chi connectivity index (χ2n) is 5.61. The molecule has 0 aliphatic heterocycles. The molecular formula is C20H12N2. The molecule has 0 heterocycles. The molecular weight excluding hydrogens is 268 g/mol. The number of allylic oxidation sites excluding steroid dienone is 3. The zero-order valence-electron chi connectivity index (χ0n) is 11.8. The fraction of sp³-hybridized carbons (Fsp3) is 0.100. The number of hydrogen-bond acceptors (Lipinski definition) is 2. The van der Waals surface area contributed by atoms with Gasteiger partial charge in [0.1, 0.15) is 0 Å². The van der Waals surface area contributed by atoms with E-state index in [0.717, 1.165) is 22.3 Å². The van der Waals surface area contributed by atoms with Gasteiger partial charge in [0.2, 0.25) is 0 Å². The van der Waals surface area contributed by atoms with Gasteiger partial charge < -0.3 is 0 Å². The fourth-order valence-electron chi connectivity index (χ4n) is 3.38. The molecule has 2 aliphatic carbocycles. The highest BCUT2D eigenvalue weighted by Gasteiger charge is 2.35. The van der Waals surface area contributed by atoms with Crippen molar-refractivity contribution in [3.8, 4) is 12.1 Å². The monoisotopic (exact) mass is 280 g/mol. The number of fused-ring (bicyclic) bond motifs is 3. The highest BCUT2D eigenvalue weighted by atomic mass is 14.4. The lowest BCUT2D eigenvalue weighted by atomic mass is 9.67. The molecule has 2 heteroatoms. The summed E-state index contributed by atoms with van der Waals surface area (Å²) in [7, 11) is 0. The Bertz CT molecular complexity index is 905. The first-order valence-corrected chi connectivity index (χ1v) is 7.26. The molecule has 0 bridgehead atoms. The topological polar surface area (TPSA) is 47.6 Å². The maximum atomic E-state index is 9.51. The standard InChI is InChI=1S/C20H12N2/c21-11-15-6-7-16(12-22)20-18(13-4-2-1-3-5-13)10-14-8-9-17(14)19(15)20/h1-10,14,17H/t14-,17-/m0/s1. The van der Waals surface area contributed by atoms with Crippen molar-refractivity contribution in [1.29, 1.82) is 10.5 Å². The first-order chi connectivity index (χ1) is 10.8. The Kier molecular flexibility index (Phi) is 2.71. The van der Waals surface area contributed by atoms with Crippen LogP contribution in [-0.4, -0.2) is 0 Å². The van der Waals surface area contributed by atoms with Crippen molar-refractivity contribution in [2.45, 2.75) is 5.92 Å². The van der Waals surface area contributed by atoms with Crippen molar-refractivity contribution in [2.75, 3.05) is 0 Å². The van der Waals surface area contributed by atoms with Crippen molar-refractivity contribution < 1.29 is 0 Å². The molecule has 22 heavy (non-hydrogen) atoms. The van der Waals surface area contributed by atoms with E-state index in [1.165, 1.54) is 0 Å². The van der Waals surface area contributed by atoms with Crippen LogP contribution in [0.5, 0.6) is 0 Å². The third kappa shape index (κ3) is 1.65. The van der Waals surface area contributed by atoms with Crippen LogP contribution in [-0.2, 0) is 0 Å². The lowest BCUT2D eigenvalue weighted by molar-refractivity contribution is 0.632. The van der Waals surface area contributed by atoms with Gasteiger partial charge in [-0.15, -0.1) is 0 Å². The van der Waals surface area contributed by atoms with E-state index in [1.54, 1.807) is 12.1 Å². The summed E-state index contributed by atoms with van der Waals surface area (Å²) < 4.78 is 0. The van der Waals surface area contributed by atoms with Crippen molar-refractivity contribution in [3.63, 3.8) is 0 Å². The molecule has 0 amide bonds. The molecule has 0 unspecified atom stereocenters. The molecule has 102 valence electrons. The van der Waals surface area contributed by atoms with Crippen LogP contribution in [0.2, 0.25) is 0 Å². The third-order valence-electron chi connectivity index (χ3n) is 4.49. The SMILES string of the molecule is N#Cc1ccc(C#N)c2c1C(c1ccccc1)=C[C@@H]1C=C[C@H]21. The third-order valence-corrected chi connectivity index (χ3v) is 4.49. The number of nitrogens with zero attached hydrogens (tertiary/aromatic N) is 2. The molecule has 0 fully saturated rings. The van der Waals surface area contributed by atoms with Crippen LogP contribution in [0, 0.1) is 28.6 Å². The molecule has 0 N–H and O–H groups in total. The first kappa shape index (κ1) is 12.6. The minimum atomic E-state index is 0.227. The van der Waals surface area contributed by atoms with Gasteiger partial charge >= 0.3 is 0 Å². The first-order valence-electron chi connectivity index (χ1n) is 7.26. The van der Waals surface area contributed by atoms with E-state index in [1.807, 2.05) is 18.2 Å². The molecule has 2 atom stereocenters. The zero-order chi connectivity index (χ0) is 15.1. The second-order valence-corrected chi connectivity index (χ2v) is 5.61. The van der Waals surface area contributed by atoms with Crippen molar-refractivity contribution in [1.82, 2.24) is 0 Å². The Balaban J connectivity index is 2.06. The van der Waals surface area contributed by atoms with Gasteiger partial charge in [-0.25, -0.2) is 0 Å². The van der Waals surface area contributed by atoms with Gasteiger partial charge in [-0.2, -0.15) is 10.5 Å². The summed E-state index contributed by atoms with van der Waals surface area (Å²) in [6.45, 7) is 0. The van der Waals surface area contributed by atoms with Crippen molar-refractivity contribution >= 4 is 5.57 Å². The average molecular weight is 280 g/mol. The number of nitriles is 2. The Morgan fingerprint density at radius 2 is 1.55 bits per heavy atom. The van der Waals surface area contributed by atoms with Crippen molar-refractivity contribution in [3.05, 3.63) is 88.5 Å². The highest BCUT2D eigenvalue weighted by Crippen LogP contribution is 2.48. The molecule has 0 radical (unpaired) electrons. The van der Waals surface area contributed by atoms with Crippen LogP contribution in [0.1, 0.15) is 33.7 Å². The molecule has 4 rings (SSSR count). The molecule has 2 aromatic carbocycles. The van der Waals surface area contributed by atoms with Gasteiger partial charge in [0.05, 0.1) is 23.3 Å². The maximum Gasteiger partial charge on any atom is 0.0998 e. The summed E-state index contributed by atoms with van der Waals surface area (Å²) in [4.78, 5) is 0. The van der Waals surface area contributed by atoms with Gasteiger partial charge in [0.15, 0.2) is 0 Å². The summed E-state index contributed by atoms with van der Waals surface area (Å²) in [6.07, 6.45) is 6.52. The minimum absolute atomic E-state index is 0.227. The van der Waals surface area contributed by atoms with E-state index in [-0.39, 0.29) is 5.92 Å². The number of hydrogen-bond donors (Lipinski definition) is 0. The fourth-order valence-corrected chi connectivity index (χ4v) is 3.38. The Morgan fingerprint density at radius 1 is 0.818 bits per heavy atom. The molecule has 0 aromatic heterocycles. The molecule has 0 saturated heterocycles. The Hall–Kier alpha value is -3.10. The largest absolute Gasteiger partial charge is 0.192 e. The van der Waals surface area contributed by atoms with Crippen LogP contribution in [0.4, 0.5) is 0 Å². The highest BCUT2D eigenvalue weighted by molar-refractivity contribution is 5.88. The lowest BCUT2D eigenvalue weighted by Gasteiger charge is -2.36. The van der Waals surface area contributed by atoms with E-state index in [2.05, 4.69) is 42.5 Å². The van der Waals surface area contributed by atoms with Gasteiger partial charge in [-0.05, 0) is 28.8 Å². The van der Waals surface area contributed by atoms with Gasteiger partial charge in [0, 0.05) is 17.4 Å². The summed E-state index contributed by atoms with van der Waals surface area (Å²) in [5.74, 6) is 0.550. The molecule has 0 saturated carbocycles. The van der Waals surface area contributed by atoms with E-state index in [0.29, 0.717) is 17.0 Å². The zero-order valence-corrected chi connectivity index (χ0v) is 11.8. The van der Waals surface area contributed by atoms with E-state index in [9.17, 15) is 10.5 Å². The van der Waals surface area contributed by atoms with E-state index >= 15 is 0 Å². The van der Waals surface area contributed by atoms with E-state index in [4.69, 9.17) is 0 Å². The number of benzene rings is 2. The Morgan fingerprint density at radius 3 is 2.18 bits per heavy atom. The van der Waals surface area contributed by atoms with Gasteiger partial charge in [0.25, 0.3) is 0 Å². The van der Waals surface area contributed by atoms with Crippen LogP contribution < -0.4 is 0 Å². The maximum absolute atomic E-state index is 9.51. The summed E-state index contributed by atoms with van der Waals surface area (Å²) in [5, 5.41) is 19.0. The van der Waals surface area contributed by atoms with Crippen LogP contribution in [0.25, 0.3) is 5.57 Å². The normalized spacial score (nSPS) is 20.7. The molecule has 2 aliphatic rings. The number of rotatable bonds is 1.